The molecule has 2 aliphatic heterocycles. The summed E-state index contributed by atoms with van der Waals surface area (Å²) in [6.07, 6.45) is -3.72. The van der Waals surface area contributed by atoms with Gasteiger partial charge in [0.25, 0.3) is 0 Å². The smallest absolute Gasteiger partial charge is 0.303 e. The van der Waals surface area contributed by atoms with Crippen LogP contribution in [0.3, 0.4) is 0 Å². The maximum Gasteiger partial charge on any atom is 0.303 e. The molecule has 0 aromatic carbocycles. The fraction of sp³-hybridized carbons (Fsp3) is 0.867. The van der Waals surface area contributed by atoms with Crippen LogP contribution < -0.4 is 0 Å². The molecule has 6 aliphatic rings. The van der Waals surface area contributed by atoms with E-state index in [-0.39, 0.29) is 53.8 Å². The van der Waals surface area contributed by atoms with E-state index in [0.29, 0.717) is 12.8 Å². The molecule has 0 aromatic rings. The lowest BCUT2D eigenvalue weighted by atomic mass is 9.38. The summed E-state index contributed by atoms with van der Waals surface area (Å²) in [6, 6.07) is 0. The van der Waals surface area contributed by atoms with Crippen molar-refractivity contribution in [3.63, 3.8) is 0 Å². The predicted octanol–water partition coefficient (Wildman–Crippen LogP) is 3.71. The molecule has 5 fully saturated rings. The second kappa shape index (κ2) is 17.3. The van der Waals surface area contributed by atoms with Crippen molar-refractivity contribution in [2.75, 3.05) is 13.2 Å². The molecule has 6 N–H and O–H groups in total. The Morgan fingerprint density at radius 1 is 0.864 bits per heavy atom. The lowest BCUT2D eigenvalue weighted by Gasteiger charge is -2.67. The van der Waals surface area contributed by atoms with Gasteiger partial charge in [-0.25, -0.2) is 0 Å². The lowest BCUT2D eigenvalue weighted by molar-refractivity contribution is -0.317. The Balaban J connectivity index is 1.32. The number of rotatable bonds is 11. The zero-order chi connectivity index (χ0) is 43.6. The molecule has 2 saturated heterocycles. The van der Waals surface area contributed by atoms with E-state index in [1.54, 1.807) is 0 Å². The van der Waals surface area contributed by atoms with Crippen LogP contribution in [0.15, 0.2) is 23.3 Å². The number of allylic oxidation sites excluding steroid dienone is 2. The van der Waals surface area contributed by atoms with E-state index in [1.165, 1.54) is 19.4 Å². The first-order chi connectivity index (χ1) is 27.5. The summed E-state index contributed by atoms with van der Waals surface area (Å²) in [4.78, 5) is 23.8. The highest BCUT2D eigenvalue weighted by atomic mass is 16.7. The minimum absolute atomic E-state index is 0.0254. The average Bonchev–Trinajstić information content (AvgIpc) is 3.37. The molecule has 14 nitrogen and oxygen atoms in total. The van der Waals surface area contributed by atoms with E-state index in [4.69, 9.17) is 28.4 Å². The number of hydrogen-bond acceptors (Lipinski definition) is 14. The Morgan fingerprint density at radius 3 is 2.19 bits per heavy atom. The minimum Gasteiger partial charge on any atom is -0.463 e. The van der Waals surface area contributed by atoms with E-state index in [2.05, 4.69) is 61.5 Å². The van der Waals surface area contributed by atoms with Gasteiger partial charge in [0.05, 0.1) is 24.9 Å². The fourth-order valence-electron chi connectivity index (χ4n) is 12.9. The summed E-state index contributed by atoms with van der Waals surface area (Å²) >= 11 is 0. The van der Waals surface area contributed by atoms with Crippen molar-refractivity contribution in [2.24, 2.45) is 45.3 Å². The topological polar surface area (TPSA) is 211 Å². The molecule has 0 radical (unpaired) electrons. The van der Waals surface area contributed by atoms with Crippen LogP contribution in [0.4, 0.5) is 0 Å². The molecule has 59 heavy (non-hydrogen) atoms. The van der Waals surface area contributed by atoms with Crippen LogP contribution in [-0.2, 0) is 38.0 Å². The van der Waals surface area contributed by atoms with Gasteiger partial charge in [-0.2, -0.15) is 0 Å². The first-order valence-corrected chi connectivity index (χ1v) is 21.8. The minimum atomic E-state index is -1.57. The zero-order valence-electron chi connectivity index (χ0n) is 36.7. The molecular formula is C45H72O14. The molecule has 3 saturated carbocycles. The fourth-order valence-corrected chi connectivity index (χ4v) is 12.9. The van der Waals surface area contributed by atoms with E-state index in [1.807, 2.05) is 6.08 Å². The van der Waals surface area contributed by atoms with Gasteiger partial charge >= 0.3 is 11.9 Å². The molecule has 0 aromatic heterocycles. The van der Waals surface area contributed by atoms with Crippen LogP contribution in [0.25, 0.3) is 0 Å². The Kier molecular flexibility index (Phi) is 13.6. The zero-order valence-corrected chi connectivity index (χ0v) is 36.7. The Bertz CT molecular complexity index is 1590. The maximum absolute atomic E-state index is 12.6. The van der Waals surface area contributed by atoms with Crippen molar-refractivity contribution >= 4 is 11.9 Å². The lowest BCUT2D eigenvalue weighted by Crippen LogP contribution is -2.63. The number of carbonyl (C=O) groups is 2. The molecule has 6 rings (SSSR count). The Hall–Kier alpha value is -1.98. The summed E-state index contributed by atoms with van der Waals surface area (Å²) in [5.74, 6) is -1.15. The quantitative estimate of drug-likeness (QED) is 0.130. The van der Waals surface area contributed by atoms with Crippen molar-refractivity contribution < 1.29 is 68.6 Å². The molecule has 336 valence electrons. The van der Waals surface area contributed by atoms with Gasteiger partial charge in [0, 0.05) is 25.2 Å². The van der Waals surface area contributed by atoms with Gasteiger partial charge in [-0.15, -0.1) is 0 Å². The number of hydrogen-bond donors (Lipinski definition) is 6. The van der Waals surface area contributed by atoms with E-state index < -0.39 is 90.3 Å². The molecule has 2 heterocycles. The van der Waals surface area contributed by atoms with Crippen LogP contribution in [0, 0.1) is 45.3 Å². The SMILES string of the molecule is CC(=O)OC[C@H]1O[C@@H](O[C@H]2C[C@@]3(C)[C@@H]4[C@@H](O)C=C5[C@@H](CC[C@H](O[C@@H]6OC[C@@H](O)[C@H](O)[C@H]6O)C5(C)C)[C@]4(C)CC[C@]3(C)[C@H]2[C@H](C)CCC=C(C)C)[C@H](O)[C@@H](O)[C@@H]1OC(C)=O. The number of esters is 2. The summed E-state index contributed by atoms with van der Waals surface area (Å²) in [7, 11) is 0. The number of fused-ring (bicyclic) bond motifs is 5. The molecule has 0 amide bonds. The van der Waals surface area contributed by atoms with E-state index in [0.717, 1.165) is 37.7 Å². The Labute approximate surface area is 349 Å². The summed E-state index contributed by atoms with van der Waals surface area (Å²) in [5.41, 5.74) is 0.730. The van der Waals surface area contributed by atoms with Crippen molar-refractivity contribution in [2.45, 2.75) is 188 Å². The predicted molar refractivity (Wildman–Crippen MR) is 214 cm³/mol. The average molecular weight is 837 g/mol. The molecule has 4 aliphatic carbocycles. The van der Waals surface area contributed by atoms with E-state index in [9.17, 15) is 40.2 Å². The van der Waals surface area contributed by atoms with Crippen molar-refractivity contribution in [3.8, 4) is 0 Å². The van der Waals surface area contributed by atoms with Gasteiger partial charge in [0.2, 0.25) is 0 Å². The number of ether oxygens (including phenoxy) is 6. The van der Waals surface area contributed by atoms with E-state index >= 15 is 0 Å². The highest BCUT2D eigenvalue weighted by Gasteiger charge is 2.72. The van der Waals surface area contributed by atoms with Crippen LogP contribution in [0.1, 0.15) is 114 Å². The van der Waals surface area contributed by atoms with Crippen LogP contribution in [0.2, 0.25) is 0 Å². The van der Waals surface area contributed by atoms with Gasteiger partial charge in [-0.1, -0.05) is 64.8 Å². The number of aliphatic hydroxyl groups excluding tert-OH is 6. The van der Waals surface area contributed by atoms with Gasteiger partial charge in [0.1, 0.15) is 43.2 Å². The molecule has 0 unspecified atom stereocenters. The summed E-state index contributed by atoms with van der Waals surface area (Å²) < 4.78 is 35.8. The molecular weight excluding hydrogens is 764 g/mol. The van der Waals surface area contributed by atoms with Gasteiger partial charge in [-0.05, 0) is 92.8 Å². The monoisotopic (exact) mass is 836 g/mol. The first kappa shape index (κ1) is 46.5. The molecule has 0 bridgehead atoms. The highest BCUT2D eigenvalue weighted by molar-refractivity contribution is 5.66. The summed E-state index contributed by atoms with van der Waals surface area (Å²) in [5, 5.41) is 66.4. The molecule has 19 atom stereocenters. The van der Waals surface area contributed by atoms with Gasteiger partial charge in [0.15, 0.2) is 18.7 Å². The normalized spacial score (nSPS) is 47.1. The molecule has 0 spiro atoms. The third-order valence-corrected chi connectivity index (χ3v) is 16.0. The van der Waals surface area contributed by atoms with Crippen LogP contribution in [-0.4, -0.2) is 129 Å². The summed E-state index contributed by atoms with van der Waals surface area (Å²) in [6.45, 7) is 19.6. The van der Waals surface area contributed by atoms with Crippen molar-refractivity contribution in [3.05, 3.63) is 23.3 Å². The Morgan fingerprint density at radius 2 is 1.54 bits per heavy atom. The highest BCUT2D eigenvalue weighted by Crippen LogP contribution is 2.75. The third kappa shape index (κ3) is 8.34. The standard InChI is InChI=1S/C45H72O14/c1-22(2)12-11-13-23(3)33-30(57-41-37(53)35(51)38(56-25(5)47)31(58-41)21-54-24(4)46)19-45(10)39-28(48)18-27-26(43(39,8)16-17-44(33,45)9)14-15-32(42(27,6)7)59-40-36(52)34(50)29(49)20-55-40/h12,18,23,26,28-41,48-53H,11,13-17,19-21H2,1-10H3/t23-,26-,28+,29-,30+,31-,32+,33+,34+,35-,36-,37-,38-,39-,40+,41-,43+,44-,45+/m1/s1. The van der Waals surface area contributed by atoms with Crippen molar-refractivity contribution in [1.29, 1.82) is 0 Å². The van der Waals surface area contributed by atoms with Gasteiger partial charge in [-0.3, -0.25) is 9.59 Å². The number of carbonyl (C=O) groups excluding carboxylic acids is 2. The second-order valence-corrected chi connectivity index (χ2v) is 20.3. The first-order valence-electron chi connectivity index (χ1n) is 21.8. The third-order valence-electron chi connectivity index (χ3n) is 16.0. The van der Waals surface area contributed by atoms with Gasteiger partial charge < -0.3 is 59.1 Å². The number of aliphatic hydroxyl groups is 6. The molecule has 14 heteroatoms. The second-order valence-electron chi connectivity index (χ2n) is 20.3. The van der Waals surface area contributed by atoms with Crippen molar-refractivity contribution in [1.82, 2.24) is 0 Å². The van der Waals surface area contributed by atoms with Crippen LogP contribution in [0.5, 0.6) is 0 Å². The van der Waals surface area contributed by atoms with Crippen LogP contribution >= 0.6 is 0 Å². The maximum atomic E-state index is 12.6. The largest absolute Gasteiger partial charge is 0.463 e.